The zero-order valence-electron chi connectivity index (χ0n) is 17.8. The average molecular weight is 464 g/mol. The van der Waals surface area contributed by atoms with Crippen molar-refractivity contribution in [1.29, 1.82) is 0 Å². The highest BCUT2D eigenvalue weighted by Crippen LogP contribution is 2.26. The maximum atomic E-state index is 12.9. The van der Waals surface area contributed by atoms with Gasteiger partial charge in [0.25, 0.3) is 6.01 Å². The number of hydrogen-bond acceptors (Lipinski definition) is 9. The minimum atomic E-state index is -3.73. The molecule has 0 saturated heterocycles. The number of methoxy groups -OCH3 is 1. The Balaban J connectivity index is 1.89. The van der Waals surface area contributed by atoms with E-state index >= 15 is 0 Å². The molecule has 0 radical (unpaired) electrons. The Morgan fingerprint density at radius 3 is 2.72 bits per heavy atom. The number of aromatic nitrogens is 4. The number of rotatable bonds is 11. The van der Waals surface area contributed by atoms with E-state index in [9.17, 15) is 13.2 Å². The Hall–Kier alpha value is -3.41. The van der Waals surface area contributed by atoms with E-state index in [2.05, 4.69) is 15.0 Å². The van der Waals surface area contributed by atoms with Crippen molar-refractivity contribution >= 4 is 32.8 Å². The molecule has 0 saturated carbocycles. The molecule has 2 heterocycles. The van der Waals surface area contributed by atoms with Crippen LogP contribution in [-0.2, 0) is 27.6 Å². The summed E-state index contributed by atoms with van der Waals surface area (Å²) >= 11 is 0. The van der Waals surface area contributed by atoms with Crippen LogP contribution in [0.1, 0.15) is 25.3 Å². The molecule has 3 rings (SSSR count). The lowest BCUT2D eigenvalue weighted by molar-refractivity contribution is -0.136. The highest BCUT2D eigenvalue weighted by atomic mass is 32.2. The van der Waals surface area contributed by atoms with Gasteiger partial charge in [0, 0.05) is 6.54 Å². The van der Waals surface area contributed by atoms with Gasteiger partial charge in [-0.15, -0.1) is 0 Å². The fourth-order valence-corrected chi connectivity index (χ4v) is 4.34. The number of sulfone groups is 1. The number of unbranched alkanes of at least 4 members (excludes halogenated alkanes) is 1. The predicted octanol–water partition coefficient (Wildman–Crippen LogP) is 1.70. The van der Waals surface area contributed by atoms with Gasteiger partial charge in [-0.05, 0) is 24.1 Å². The molecular formula is C20H25N5O6S. The SMILES string of the molecule is CCCCOc1nc(N)c2nc(OC)n(CCS(=O)(=O)c3cccc(CC(=O)O)c3)c2n1. The van der Waals surface area contributed by atoms with E-state index in [1.165, 1.54) is 29.9 Å². The second kappa shape index (κ2) is 9.81. The second-order valence-electron chi connectivity index (χ2n) is 7.05. The molecule has 3 N–H and O–H groups in total. The van der Waals surface area contributed by atoms with E-state index in [1.54, 1.807) is 6.07 Å². The fourth-order valence-electron chi connectivity index (χ4n) is 3.06. The van der Waals surface area contributed by atoms with Crippen LogP contribution in [0.3, 0.4) is 0 Å². The number of benzene rings is 1. The lowest BCUT2D eigenvalue weighted by atomic mass is 10.2. The number of carboxylic acid groups (broad SMARTS) is 1. The van der Waals surface area contributed by atoms with Gasteiger partial charge in [0.05, 0.1) is 30.8 Å². The van der Waals surface area contributed by atoms with E-state index in [0.717, 1.165) is 12.8 Å². The van der Waals surface area contributed by atoms with Crippen molar-refractivity contribution in [3.8, 4) is 12.0 Å². The van der Waals surface area contributed by atoms with Gasteiger partial charge in [0.1, 0.15) is 0 Å². The standard InChI is InChI=1S/C20H25N5O6S/c1-3-4-9-31-19-23-17(21)16-18(24-19)25(20(22-16)30-2)8-10-32(28,29)14-7-5-6-13(11-14)12-15(26)27/h5-7,11H,3-4,8-10,12H2,1-2H3,(H,26,27)(H2,21,23,24). The molecule has 0 fully saturated rings. The molecule has 0 unspecified atom stereocenters. The normalized spacial score (nSPS) is 11.6. The van der Waals surface area contributed by atoms with Crippen molar-refractivity contribution in [2.45, 2.75) is 37.6 Å². The quantitative estimate of drug-likeness (QED) is 0.401. The maximum Gasteiger partial charge on any atom is 0.320 e. The third kappa shape index (κ3) is 5.25. The summed E-state index contributed by atoms with van der Waals surface area (Å²) in [4.78, 5) is 23.7. The minimum absolute atomic E-state index is 0.0178. The van der Waals surface area contributed by atoms with Gasteiger partial charge in [-0.2, -0.15) is 15.0 Å². The van der Waals surface area contributed by atoms with Crippen LogP contribution in [0.2, 0.25) is 0 Å². The van der Waals surface area contributed by atoms with Gasteiger partial charge in [0.2, 0.25) is 0 Å². The van der Waals surface area contributed by atoms with Gasteiger partial charge in [-0.3, -0.25) is 9.36 Å². The van der Waals surface area contributed by atoms with Crippen LogP contribution in [0.5, 0.6) is 12.0 Å². The van der Waals surface area contributed by atoms with Crippen molar-refractivity contribution in [3.63, 3.8) is 0 Å². The fraction of sp³-hybridized carbons (Fsp3) is 0.400. The number of nitrogens with zero attached hydrogens (tertiary/aromatic N) is 4. The molecule has 32 heavy (non-hydrogen) atoms. The largest absolute Gasteiger partial charge is 0.481 e. The van der Waals surface area contributed by atoms with Gasteiger partial charge in [0.15, 0.2) is 26.8 Å². The van der Waals surface area contributed by atoms with E-state index in [-0.39, 0.29) is 47.0 Å². The number of hydrogen-bond donors (Lipinski definition) is 2. The summed E-state index contributed by atoms with van der Waals surface area (Å²) in [7, 11) is -2.32. The zero-order chi connectivity index (χ0) is 23.3. The number of imidazole rings is 1. The first-order valence-corrected chi connectivity index (χ1v) is 11.6. The van der Waals surface area contributed by atoms with Crippen molar-refractivity contribution in [2.75, 3.05) is 25.2 Å². The molecule has 2 aromatic heterocycles. The minimum Gasteiger partial charge on any atom is -0.481 e. The number of nitrogen functional groups attached to an aromatic ring is 1. The smallest absolute Gasteiger partial charge is 0.320 e. The lowest BCUT2D eigenvalue weighted by Gasteiger charge is -2.10. The van der Waals surface area contributed by atoms with Crippen LogP contribution in [0, 0.1) is 0 Å². The third-order valence-electron chi connectivity index (χ3n) is 4.67. The highest BCUT2D eigenvalue weighted by Gasteiger charge is 2.21. The van der Waals surface area contributed by atoms with E-state index in [4.69, 9.17) is 20.3 Å². The summed E-state index contributed by atoms with van der Waals surface area (Å²) in [6.07, 6.45) is 1.50. The Kier molecular flexibility index (Phi) is 7.13. The number of aryl methyl sites for hydroxylation is 1. The summed E-state index contributed by atoms with van der Waals surface area (Å²) in [6.45, 7) is 2.43. The second-order valence-corrected chi connectivity index (χ2v) is 9.16. The number of carbonyl (C=O) groups is 1. The Bertz CT molecular complexity index is 1220. The van der Waals surface area contributed by atoms with Crippen LogP contribution in [-0.4, -0.2) is 58.5 Å². The average Bonchev–Trinajstić information content (AvgIpc) is 3.10. The first-order chi connectivity index (χ1) is 15.2. The highest BCUT2D eigenvalue weighted by molar-refractivity contribution is 7.91. The maximum absolute atomic E-state index is 12.9. The molecule has 172 valence electrons. The summed E-state index contributed by atoms with van der Waals surface area (Å²) in [5.74, 6) is -1.23. The van der Waals surface area contributed by atoms with Crippen LogP contribution in [0.4, 0.5) is 5.82 Å². The Morgan fingerprint density at radius 2 is 2.03 bits per heavy atom. The topological polar surface area (TPSA) is 160 Å². The first-order valence-electron chi connectivity index (χ1n) is 9.99. The molecule has 0 amide bonds. The van der Waals surface area contributed by atoms with Crippen LogP contribution in [0.15, 0.2) is 29.2 Å². The molecule has 0 atom stereocenters. The number of anilines is 1. The third-order valence-corrected chi connectivity index (χ3v) is 6.37. The molecular weight excluding hydrogens is 438 g/mol. The molecule has 0 bridgehead atoms. The van der Waals surface area contributed by atoms with Crippen molar-refractivity contribution in [2.24, 2.45) is 0 Å². The number of carboxylic acids is 1. The molecule has 0 aliphatic carbocycles. The van der Waals surface area contributed by atoms with Crippen LogP contribution >= 0.6 is 0 Å². The van der Waals surface area contributed by atoms with E-state index in [1.807, 2.05) is 6.92 Å². The molecule has 1 aromatic carbocycles. The predicted molar refractivity (Wildman–Crippen MR) is 117 cm³/mol. The molecule has 0 aliphatic heterocycles. The van der Waals surface area contributed by atoms with Crippen LogP contribution in [0.25, 0.3) is 11.2 Å². The van der Waals surface area contributed by atoms with Crippen molar-refractivity contribution < 1.29 is 27.8 Å². The summed E-state index contributed by atoms with van der Waals surface area (Å²) in [6, 6.07) is 6.11. The molecule has 0 spiro atoms. The number of ether oxygens (including phenoxy) is 2. The number of nitrogens with two attached hydrogens (primary N) is 1. The van der Waals surface area contributed by atoms with Gasteiger partial charge in [-0.25, -0.2) is 8.42 Å². The monoisotopic (exact) mass is 463 g/mol. The van der Waals surface area contributed by atoms with Crippen molar-refractivity contribution in [1.82, 2.24) is 19.5 Å². The molecule has 12 heteroatoms. The van der Waals surface area contributed by atoms with Gasteiger partial charge < -0.3 is 20.3 Å². The van der Waals surface area contributed by atoms with E-state index < -0.39 is 15.8 Å². The first kappa shape index (κ1) is 23.3. The molecule has 0 aliphatic rings. The van der Waals surface area contributed by atoms with Gasteiger partial charge >= 0.3 is 12.0 Å². The summed E-state index contributed by atoms with van der Waals surface area (Å²) in [5, 5.41) is 8.95. The Labute approximate surface area is 185 Å². The number of aliphatic carboxylic acids is 1. The summed E-state index contributed by atoms with van der Waals surface area (Å²) < 4.78 is 38.1. The van der Waals surface area contributed by atoms with E-state index in [0.29, 0.717) is 17.8 Å². The van der Waals surface area contributed by atoms with Crippen LogP contribution < -0.4 is 15.2 Å². The number of fused-ring (bicyclic) bond motifs is 1. The summed E-state index contributed by atoms with van der Waals surface area (Å²) in [5.41, 5.74) is 6.98. The molecule has 3 aromatic rings. The Morgan fingerprint density at radius 1 is 1.25 bits per heavy atom. The van der Waals surface area contributed by atoms with Crippen molar-refractivity contribution in [3.05, 3.63) is 29.8 Å². The zero-order valence-corrected chi connectivity index (χ0v) is 18.6. The van der Waals surface area contributed by atoms with Gasteiger partial charge in [-0.1, -0.05) is 25.5 Å². The molecule has 11 nitrogen and oxygen atoms in total. The lowest BCUT2D eigenvalue weighted by Crippen LogP contribution is -2.15.